The Balaban J connectivity index is 1.48. The lowest BCUT2D eigenvalue weighted by atomic mass is 10.2. The van der Waals surface area contributed by atoms with Crippen molar-refractivity contribution in [2.75, 3.05) is 43.0 Å². The van der Waals surface area contributed by atoms with E-state index >= 15 is 0 Å². The summed E-state index contributed by atoms with van der Waals surface area (Å²) in [6, 6.07) is 17.4. The Morgan fingerprint density at radius 3 is 2.40 bits per heavy atom. The first-order valence-corrected chi connectivity index (χ1v) is 12.9. The molecule has 0 atom stereocenters. The smallest absolute Gasteiger partial charge is 0.255 e. The molecule has 0 saturated carbocycles. The molecule has 4 rings (SSSR count). The number of rotatable bonds is 7. The number of hydrogen-bond acceptors (Lipinski definition) is 5. The lowest BCUT2D eigenvalue weighted by Crippen LogP contribution is -2.48. The van der Waals surface area contributed by atoms with E-state index in [0.717, 1.165) is 17.8 Å². The zero-order valence-corrected chi connectivity index (χ0v) is 20.7. The molecule has 1 fully saturated rings. The van der Waals surface area contributed by atoms with E-state index in [4.69, 9.17) is 16.3 Å². The van der Waals surface area contributed by atoms with Crippen molar-refractivity contribution < 1.29 is 22.3 Å². The SMILES string of the molecule is CCOc1ccc(NC(=O)c2ccc(F)c(S(=O)(=O)N3CCN(c4cccc(Cl)c4)CC3)c2)cc1. The highest BCUT2D eigenvalue weighted by atomic mass is 35.5. The van der Waals surface area contributed by atoms with Crippen LogP contribution in [0.2, 0.25) is 5.02 Å². The van der Waals surface area contributed by atoms with Gasteiger partial charge < -0.3 is 15.0 Å². The lowest BCUT2D eigenvalue weighted by molar-refractivity contribution is 0.102. The summed E-state index contributed by atoms with van der Waals surface area (Å²) in [7, 11) is -4.14. The maximum absolute atomic E-state index is 14.6. The number of benzene rings is 3. The van der Waals surface area contributed by atoms with Crippen LogP contribution in [0, 0.1) is 5.82 Å². The standard InChI is InChI=1S/C25H25ClFN3O4S/c1-2-34-22-9-7-20(8-10-22)28-25(31)18-6-11-23(27)24(16-18)35(32,33)30-14-12-29(13-15-30)21-5-3-4-19(26)17-21/h3-11,16-17H,2,12-15H2,1H3,(H,28,31). The average molecular weight is 518 g/mol. The van der Waals surface area contributed by atoms with Crippen molar-refractivity contribution in [1.29, 1.82) is 0 Å². The summed E-state index contributed by atoms with van der Waals surface area (Å²) in [4.78, 5) is 14.2. The zero-order valence-electron chi connectivity index (χ0n) is 19.1. The van der Waals surface area contributed by atoms with E-state index in [9.17, 15) is 17.6 Å². The van der Waals surface area contributed by atoms with Crippen molar-refractivity contribution in [2.45, 2.75) is 11.8 Å². The number of amides is 1. The van der Waals surface area contributed by atoms with Crippen LogP contribution in [0.3, 0.4) is 0 Å². The van der Waals surface area contributed by atoms with Gasteiger partial charge in [-0.25, -0.2) is 12.8 Å². The van der Waals surface area contributed by atoms with Gasteiger partial charge in [0, 0.05) is 48.1 Å². The third-order valence-corrected chi connectivity index (χ3v) is 7.80. The molecule has 1 heterocycles. The second-order valence-electron chi connectivity index (χ2n) is 7.93. The molecule has 0 bridgehead atoms. The second kappa shape index (κ2) is 10.6. The maximum atomic E-state index is 14.6. The van der Waals surface area contributed by atoms with Gasteiger partial charge in [0.1, 0.15) is 16.5 Å². The van der Waals surface area contributed by atoms with Gasteiger partial charge in [0.05, 0.1) is 6.61 Å². The molecule has 1 aliphatic heterocycles. The molecule has 1 amide bonds. The number of piperazine rings is 1. The highest BCUT2D eigenvalue weighted by molar-refractivity contribution is 7.89. The molecular formula is C25H25ClFN3O4S. The van der Waals surface area contributed by atoms with E-state index in [1.165, 1.54) is 10.4 Å². The molecule has 0 radical (unpaired) electrons. The minimum Gasteiger partial charge on any atom is -0.494 e. The van der Waals surface area contributed by atoms with E-state index in [1.807, 2.05) is 30.0 Å². The molecule has 10 heteroatoms. The summed E-state index contributed by atoms with van der Waals surface area (Å²) >= 11 is 6.06. The predicted octanol–water partition coefficient (Wildman–Crippen LogP) is 4.64. The Morgan fingerprint density at radius 1 is 1.03 bits per heavy atom. The van der Waals surface area contributed by atoms with Crippen LogP contribution >= 0.6 is 11.6 Å². The van der Waals surface area contributed by atoms with E-state index in [2.05, 4.69) is 5.32 Å². The van der Waals surface area contributed by atoms with Gasteiger partial charge in [-0.3, -0.25) is 4.79 Å². The number of hydrogen-bond donors (Lipinski definition) is 1. The van der Waals surface area contributed by atoms with Crippen LogP contribution in [-0.4, -0.2) is 51.4 Å². The molecule has 35 heavy (non-hydrogen) atoms. The van der Waals surface area contributed by atoms with Crippen LogP contribution in [0.25, 0.3) is 0 Å². The highest BCUT2D eigenvalue weighted by Crippen LogP contribution is 2.26. The first-order chi connectivity index (χ1) is 16.8. The number of ether oxygens (including phenoxy) is 1. The summed E-state index contributed by atoms with van der Waals surface area (Å²) in [5, 5.41) is 3.29. The molecule has 3 aromatic carbocycles. The van der Waals surface area contributed by atoms with Gasteiger partial charge in [0.2, 0.25) is 10.0 Å². The van der Waals surface area contributed by atoms with Gasteiger partial charge >= 0.3 is 0 Å². The average Bonchev–Trinajstić information content (AvgIpc) is 2.85. The third kappa shape index (κ3) is 5.75. The normalized spacial score (nSPS) is 14.5. The van der Waals surface area contributed by atoms with Crippen molar-refractivity contribution in [3.05, 3.63) is 83.1 Å². The van der Waals surface area contributed by atoms with Crippen molar-refractivity contribution in [3.8, 4) is 5.75 Å². The van der Waals surface area contributed by atoms with E-state index in [-0.39, 0.29) is 18.7 Å². The monoisotopic (exact) mass is 517 g/mol. The van der Waals surface area contributed by atoms with Gasteiger partial charge in [0.25, 0.3) is 5.91 Å². The van der Waals surface area contributed by atoms with E-state index < -0.39 is 26.6 Å². The fraction of sp³-hybridized carbons (Fsp3) is 0.240. The Morgan fingerprint density at radius 2 is 1.74 bits per heavy atom. The van der Waals surface area contributed by atoms with Crippen LogP contribution in [0.5, 0.6) is 5.75 Å². The molecule has 0 unspecified atom stereocenters. The summed E-state index contributed by atoms with van der Waals surface area (Å²) in [5.41, 5.74) is 1.44. The summed E-state index contributed by atoms with van der Waals surface area (Å²) < 4.78 is 47.7. The van der Waals surface area contributed by atoms with Gasteiger partial charge in [-0.1, -0.05) is 17.7 Å². The van der Waals surface area contributed by atoms with Gasteiger partial charge in [0.15, 0.2) is 0 Å². The van der Waals surface area contributed by atoms with Crippen LogP contribution in [0.4, 0.5) is 15.8 Å². The van der Waals surface area contributed by atoms with Crippen LogP contribution < -0.4 is 15.0 Å². The van der Waals surface area contributed by atoms with Crippen LogP contribution in [0.1, 0.15) is 17.3 Å². The van der Waals surface area contributed by atoms with Crippen molar-refractivity contribution in [1.82, 2.24) is 4.31 Å². The first kappa shape index (κ1) is 25.0. The van der Waals surface area contributed by atoms with Crippen molar-refractivity contribution in [3.63, 3.8) is 0 Å². The molecule has 0 aliphatic carbocycles. The van der Waals surface area contributed by atoms with E-state index in [0.29, 0.717) is 36.2 Å². The molecular weight excluding hydrogens is 493 g/mol. The number of carbonyl (C=O) groups is 1. The molecule has 1 N–H and O–H groups in total. The summed E-state index contributed by atoms with van der Waals surface area (Å²) in [6.45, 7) is 3.61. The Labute approximate surface area is 209 Å². The predicted molar refractivity (Wildman–Crippen MR) is 134 cm³/mol. The second-order valence-corrected chi connectivity index (χ2v) is 10.3. The fourth-order valence-electron chi connectivity index (χ4n) is 3.85. The number of nitrogens with one attached hydrogen (secondary N) is 1. The highest BCUT2D eigenvalue weighted by Gasteiger charge is 2.31. The van der Waals surface area contributed by atoms with Gasteiger partial charge in [-0.2, -0.15) is 4.31 Å². The topological polar surface area (TPSA) is 78.9 Å². The quantitative estimate of drug-likeness (QED) is 0.494. The van der Waals surface area contributed by atoms with Crippen LogP contribution in [-0.2, 0) is 10.0 Å². The molecule has 0 spiro atoms. The maximum Gasteiger partial charge on any atom is 0.255 e. The largest absolute Gasteiger partial charge is 0.494 e. The van der Waals surface area contributed by atoms with Crippen molar-refractivity contribution >= 4 is 38.9 Å². The zero-order chi connectivity index (χ0) is 25.0. The van der Waals surface area contributed by atoms with Crippen LogP contribution in [0.15, 0.2) is 71.6 Å². The van der Waals surface area contributed by atoms with Gasteiger partial charge in [-0.15, -0.1) is 0 Å². The molecule has 3 aromatic rings. The number of carbonyl (C=O) groups excluding carboxylic acids is 1. The third-order valence-electron chi connectivity index (χ3n) is 5.65. The van der Waals surface area contributed by atoms with Gasteiger partial charge in [-0.05, 0) is 67.6 Å². The van der Waals surface area contributed by atoms with E-state index in [1.54, 1.807) is 30.3 Å². The Hall–Kier alpha value is -3.14. The molecule has 1 aliphatic rings. The summed E-state index contributed by atoms with van der Waals surface area (Å²) in [6.07, 6.45) is 0. The van der Waals surface area contributed by atoms with Crippen molar-refractivity contribution in [2.24, 2.45) is 0 Å². The number of anilines is 2. The first-order valence-electron chi connectivity index (χ1n) is 11.1. The molecule has 1 saturated heterocycles. The summed E-state index contributed by atoms with van der Waals surface area (Å²) in [5.74, 6) is -0.785. The minimum atomic E-state index is -4.14. The minimum absolute atomic E-state index is 0.0384. The molecule has 0 aromatic heterocycles. The number of nitrogens with zero attached hydrogens (tertiary/aromatic N) is 2. The molecule has 7 nitrogen and oxygen atoms in total. The molecule has 184 valence electrons. The Kier molecular flexibility index (Phi) is 7.59. The fourth-order valence-corrected chi connectivity index (χ4v) is 5.54. The Bertz CT molecular complexity index is 1310. The number of halogens is 2. The number of sulfonamides is 1. The lowest BCUT2D eigenvalue weighted by Gasteiger charge is -2.35.